The summed E-state index contributed by atoms with van der Waals surface area (Å²) in [6, 6.07) is 8.75. The van der Waals surface area contributed by atoms with Crippen molar-refractivity contribution >= 4 is 0 Å². The lowest BCUT2D eigenvalue weighted by Gasteiger charge is -2.33. The predicted molar refractivity (Wildman–Crippen MR) is 220 cm³/mol. The minimum Gasteiger partial charge on any atom is -0.378 e. The summed E-state index contributed by atoms with van der Waals surface area (Å²) in [6.07, 6.45) is 8.55. The Labute approximate surface area is 332 Å². The lowest BCUT2D eigenvalue weighted by Crippen LogP contribution is -2.36. The van der Waals surface area contributed by atoms with E-state index in [2.05, 4.69) is 68.6 Å². The van der Waals surface area contributed by atoms with Gasteiger partial charge in [0.1, 0.15) is 0 Å². The van der Waals surface area contributed by atoms with Gasteiger partial charge in [0.15, 0.2) is 0 Å². The summed E-state index contributed by atoms with van der Waals surface area (Å²) in [6.45, 7) is 18.3. The zero-order valence-electron chi connectivity index (χ0n) is 34.7. The van der Waals surface area contributed by atoms with Crippen LogP contribution in [-0.4, -0.2) is 189 Å². The molecule has 0 bridgehead atoms. The van der Waals surface area contributed by atoms with E-state index >= 15 is 0 Å². The van der Waals surface area contributed by atoms with Crippen molar-refractivity contribution in [2.45, 2.75) is 50.6 Å². The first-order valence-corrected chi connectivity index (χ1v) is 20.9. The molecule has 2 aliphatic heterocycles. The number of nitrogens with one attached hydrogen (secondary N) is 2. The molecule has 0 radical (unpaired) electrons. The molecule has 0 atom stereocenters. The second kappa shape index (κ2) is 28.3. The van der Waals surface area contributed by atoms with Crippen LogP contribution in [0.2, 0.25) is 0 Å². The number of pyridine rings is 2. The van der Waals surface area contributed by atoms with Gasteiger partial charge in [0, 0.05) is 64.8 Å². The topological polar surface area (TPSA) is 109 Å². The number of hydrogen-bond acceptors (Lipinski definition) is 13. The van der Waals surface area contributed by atoms with Crippen molar-refractivity contribution in [1.82, 2.24) is 40.2 Å². The van der Waals surface area contributed by atoms with Gasteiger partial charge >= 0.3 is 0 Å². The minimum atomic E-state index is 0.562. The zero-order chi connectivity index (χ0) is 38.8. The summed E-state index contributed by atoms with van der Waals surface area (Å²) in [5.41, 5.74) is 5.31. The predicted octanol–water partition coefficient (Wildman–Crippen LogP) is 2.92. The Kier molecular flexibility index (Phi) is 23.4. The molecule has 55 heavy (non-hydrogen) atoms. The first kappa shape index (κ1) is 45.6. The molecule has 2 aromatic rings. The van der Waals surface area contributed by atoms with Crippen molar-refractivity contribution in [2.75, 3.05) is 160 Å². The van der Waals surface area contributed by atoms with Gasteiger partial charge in [-0.25, -0.2) is 0 Å². The highest BCUT2D eigenvalue weighted by Gasteiger charge is 2.24. The first-order valence-electron chi connectivity index (χ1n) is 20.9. The summed E-state index contributed by atoms with van der Waals surface area (Å²) in [5, 5.41) is 6.46. The van der Waals surface area contributed by atoms with E-state index in [0.717, 1.165) is 91.8 Å². The van der Waals surface area contributed by atoms with Crippen LogP contribution in [0.15, 0.2) is 36.7 Å². The standard InChI is InChI=1S/C42H74N8O5/c1-43-15-21-47(3)35-41-39(7-5-13-45-41)37-9-17-49(18-10-37)23-25-51-27-29-53-31-33-55-34-32-54-30-28-52-26-24-50-19-11-38(12-20-50)40-8-6-14-46-42(40)36-48(4)22-16-44-2/h5-8,13-14,37-38,43-44H,9-12,15-36H2,1-4H3. The zero-order valence-corrected chi connectivity index (χ0v) is 34.7. The van der Waals surface area contributed by atoms with Crippen LogP contribution in [-0.2, 0) is 36.8 Å². The Morgan fingerprint density at radius 2 is 0.909 bits per heavy atom. The van der Waals surface area contributed by atoms with Crippen LogP contribution in [0, 0.1) is 0 Å². The van der Waals surface area contributed by atoms with Gasteiger partial charge in [0.25, 0.3) is 0 Å². The van der Waals surface area contributed by atoms with Gasteiger partial charge in [-0.05, 0) is 115 Å². The Balaban J connectivity index is 0.896. The highest BCUT2D eigenvalue weighted by molar-refractivity contribution is 5.26. The van der Waals surface area contributed by atoms with Gasteiger partial charge in [-0.3, -0.25) is 19.8 Å². The van der Waals surface area contributed by atoms with Gasteiger partial charge in [-0.2, -0.15) is 0 Å². The quantitative estimate of drug-likeness (QED) is 0.114. The molecule has 0 spiro atoms. The van der Waals surface area contributed by atoms with E-state index in [4.69, 9.17) is 33.7 Å². The number of piperidine rings is 2. The van der Waals surface area contributed by atoms with E-state index in [1.807, 2.05) is 26.5 Å². The van der Waals surface area contributed by atoms with Crippen LogP contribution in [0.1, 0.15) is 60.0 Å². The van der Waals surface area contributed by atoms with Crippen molar-refractivity contribution in [3.05, 3.63) is 59.2 Å². The molecule has 0 amide bonds. The molecular formula is C42H74N8O5. The molecule has 0 aromatic carbocycles. The molecule has 312 valence electrons. The maximum Gasteiger partial charge on any atom is 0.0701 e. The van der Waals surface area contributed by atoms with Gasteiger partial charge < -0.3 is 44.1 Å². The maximum atomic E-state index is 5.85. The fourth-order valence-electron chi connectivity index (χ4n) is 7.49. The third-order valence-electron chi connectivity index (χ3n) is 10.8. The fourth-order valence-corrected chi connectivity index (χ4v) is 7.49. The van der Waals surface area contributed by atoms with Gasteiger partial charge in [-0.1, -0.05) is 12.1 Å². The number of hydrogen-bond donors (Lipinski definition) is 2. The molecule has 0 aliphatic carbocycles. The van der Waals surface area contributed by atoms with E-state index in [0.29, 0.717) is 64.7 Å². The van der Waals surface area contributed by atoms with E-state index in [9.17, 15) is 0 Å². The van der Waals surface area contributed by atoms with Crippen LogP contribution < -0.4 is 10.6 Å². The number of likely N-dealkylation sites (N-methyl/N-ethyl adjacent to an activating group) is 4. The van der Waals surface area contributed by atoms with Crippen LogP contribution >= 0.6 is 0 Å². The van der Waals surface area contributed by atoms with E-state index in [1.165, 1.54) is 48.2 Å². The van der Waals surface area contributed by atoms with Crippen molar-refractivity contribution < 1.29 is 23.7 Å². The minimum absolute atomic E-state index is 0.562. The van der Waals surface area contributed by atoms with E-state index in [-0.39, 0.29) is 0 Å². The average molecular weight is 771 g/mol. The Morgan fingerprint density at radius 1 is 0.564 bits per heavy atom. The molecule has 4 heterocycles. The van der Waals surface area contributed by atoms with Gasteiger partial charge in [0.2, 0.25) is 0 Å². The molecule has 2 N–H and O–H groups in total. The van der Waals surface area contributed by atoms with Crippen LogP contribution in [0.5, 0.6) is 0 Å². The monoisotopic (exact) mass is 771 g/mol. The molecule has 0 saturated carbocycles. The summed E-state index contributed by atoms with van der Waals surface area (Å²) < 4.78 is 28.7. The normalized spacial score (nSPS) is 16.5. The van der Waals surface area contributed by atoms with Crippen molar-refractivity contribution in [3.63, 3.8) is 0 Å². The molecule has 2 fully saturated rings. The average Bonchev–Trinajstić information content (AvgIpc) is 3.21. The second-order valence-corrected chi connectivity index (χ2v) is 15.1. The van der Waals surface area contributed by atoms with Crippen molar-refractivity contribution in [2.24, 2.45) is 0 Å². The lowest BCUT2D eigenvalue weighted by atomic mass is 9.88. The van der Waals surface area contributed by atoms with Gasteiger partial charge in [-0.15, -0.1) is 0 Å². The van der Waals surface area contributed by atoms with Crippen molar-refractivity contribution in [3.8, 4) is 0 Å². The number of aromatic nitrogens is 2. The molecule has 2 aromatic heterocycles. The first-order chi connectivity index (χ1) is 27.1. The highest BCUT2D eigenvalue weighted by atomic mass is 16.6. The van der Waals surface area contributed by atoms with E-state index in [1.54, 1.807) is 0 Å². The van der Waals surface area contributed by atoms with Gasteiger partial charge in [0.05, 0.1) is 77.5 Å². The molecular weight excluding hydrogens is 697 g/mol. The van der Waals surface area contributed by atoms with Crippen molar-refractivity contribution in [1.29, 1.82) is 0 Å². The summed E-state index contributed by atoms with van der Waals surface area (Å²) >= 11 is 0. The molecule has 0 unspecified atom stereocenters. The van der Waals surface area contributed by atoms with Crippen LogP contribution in [0.3, 0.4) is 0 Å². The number of rotatable bonds is 30. The Hall–Kier alpha value is -2.14. The molecule has 13 heteroatoms. The molecule has 2 saturated heterocycles. The summed E-state index contributed by atoms with van der Waals surface area (Å²) in [5.74, 6) is 1.17. The van der Waals surface area contributed by atoms with Crippen LogP contribution in [0.25, 0.3) is 0 Å². The smallest absolute Gasteiger partial charge is 0.0701 e. The molecule has 2 aliphatic rings. The molecule has 13 nitrogen and oxygen atoms in total. The highest BCUT2D eigenvalue weighted by Crippen LogP contribution is 2.31. The SMILES string of the molecule is CNCCN(C)Cc1ncccc1C1CCN(CCOCCOCCOCCOCCOCCN2CCC(c3cccnc3CN(C)CCNC)CC2)CC1. The van der Waals surface area contributed by atoms with Crippen LogP contribution in [0.4, 0.5) is 0 Å². The third kappa shape index (κ3) is 18.3. The lowest BCUT2D eigenvalue weighted by molar-refractivity contribution is -0.0139. The number of ether oxygens (including phenoxy) is 5. The second-order valence-electron chi connectivity index (χ2n) is 15.1. The Morgan fingerprint density at radius 3 is 1.25 bits per heavy atom. The van der Waals surface area contributed by atoms with E-state index < -0.39 is 0 Å². The summed E-state index contributed by atoms with van der Waals surface area (Å²) in [7, 11) is 8.34. The largest absolute Gasteiger partial charge is 0.378 e. The number of likely N-dealkylation sites (tertiary alicyclic amines) is 2. The third-order valence-corrected chi connectivity index (χ3v) is 10.8. The molecule has 4 rings (SSSR count). The fraction of sp³-hybridized carbons (Fsp3) is 0.762. The Bertz CT molecular complexity index is 1150. The number of nitrogens with zero attached hydrogens (tertiary/aromatic N) is 6. The summed E-state index contributed by atoms with van der Waals surface area (Å²) in [4.78, 5) is 19.2. The maximum absolute atomic E-state index is 5.85.